The van der Waals surface area contributed by atoms with Crippen LogP contribution in [-0.4, -0.2) is 28.7 Å². The SMILES string of the molecule is Cn1c(C(=O)O)c(C2CCNCC2)c2cccc(F)c21. The van der Waals surface area contributed by atoms with E-state index in [2.05, 4.69) is 5.32 Å². The van der Waals surface area contributed by atoms with Crippen molar-refractivity contribution in [3.63, 3.8) is 0 Å². The molecule has 1 aromatic heterocycles. The molecule has 0 unspecified atom stereocenters. The summed E-state index contributed by atoms with van der Waals surface area (Å²) in [5.74, 6) is -1.18. The molecule has 1 aliphatic rings. The molecule has 1 aliphatic heterocycles. The molecular formula is C15H17FN2O2. The summed E-state index contributed by atoms with van der Waals surface area (Å²) in [4.78, 5) is 11.6. The topological polar surface area (TPSA) is 54.3 Å². The molecule has 20 heavy (non-hydrogen) atoms. The molecule has 4 nitrogen and oxygen atoms in total. The van der Waals surface area contributed by atoms with Crippen molar-refractivity contribution in [2.45, 2.75) is 18.8 Å². The van der Waals surface area contributed by atoms with Crippen LogP contribution in [0.5, 0.6) is 0 Å². The Kier molecular flexibility index (Phi) is 3.22. The van der Waals surface area contributed by atoms with Crippen LogP contribution in [0.2, 0.25) is 0 Å². The van der Waals surface area contributed by atoms with Gasteiger partial charge in [0, 0.05) is 12.4 Å². The van der Waals surface area contributed by atoms with Gasteiger partial charge in [-0.05, 0) is 43.5 Å². The number of halogens is 1. The number of aromatic carboxylic acids is 1. The van der Waals surface area contributed by atoms with E-state index in [1.807, 2.05) is 6.07 Å². The minimum absolute atomic E-state index is 0.174. The van der Waals surface area contributed by atoms with Gasteiger partial charge in [-0.2, -0.15) is 0 Å². The number of carbonyl (C=O) groups is 1. The molecule has 2 aromatic rings. The zero-order valence-electron chi connectivity index (χ0n) is 11.3. The Bertz CT molecular complexity index is 672. The normalized spacial score (nSPS) is 16.7. The predicted molar refractivity (Wildman–Crippen MR) is 74.7 cm³/mol. The number of nitrogens with zero attached hydrogens (tertiary/aromatic N) is 1. The maximum atomic E-state index is 14.0. The molecular weight excluding hydrogens is 259 g/mol. The van der Waals surface area contributed by atoms with E-state index in [0.717, 1.165) is 36.9 Å². The van der Waals surface area contributed by atoms with Gasteiger partial charge in [0.25, 0.3) is 0 Å². The lowest BCUT2D eigenvalue weighted by Crippen LogP contribution is -2.27. The third kappa shape index (κ3) is 1.89. The Morgan fingerprint density at radius 3 is 2.75 bits per heavy atom. The van der Waals surface area contributed by atoms with Crippen LogP contribution in [0.4, 0.5) is 4.39 Å². The van der Waals surface area contributed by atoms with Crippen LogP contribution in [0, 0.1) is 5.82 Å². The highest BCUT2D eigenvalue weighted by atomic mass is 19.1. The van der Waals surface area contributed by atoms with Crippen molar-refractivity contribution < 1.29 is 14.3 Å². The van der Waals surface area contributed by atoms with Crippen molar-refractivity contribution in [1.29, 1.82) is 0 Å². The van der Waals surface area contributed by atoms with E-state index in [1.165, 1.54) is 10.6 Å². The number of aromatic nitrogens is 1. The predicted octanol–water partition coefficient (Wildman–Crippen LogP) is 2.48. The summed E-state index contributed by atoms with van der Waals surface area (Å²) in [5.41, 5.74) is 1.39. The lowest BCUT2D eigenvalue weighted by atomic mass is 9.88. The molecule has 1 fully saturated rings. The molecule has 0 amide bonds. The second-order valence-corrected chi connectivity index (χ2v) is 5.29. The quantitative estimate of drug-likeness (QED) is 0.886. The number of nitrogens with one attached hydrogen (secondary N) is 1. The van der Waals surface area contributed by atoms with Crippen molar-refractivity contribution in [1.82, 2.24) is 9.88 Å². The molecule has 1 aromatic carbocycles. The fourth-order valence-corrected chi connectivity index (χ4v) is 3.28. The van der Waals surface area contributed by atoms with Gasteiger partial charge in [-0.25, -0.2) is 9.18 Å². The van der Waals surface area contributed by atoms with E-state index in [4.69, 9.17) is 0 Å². The number of carboxylic acids is 1. The van der Waals surface area contributed by atoms with E-state index >= 15 is 0 Å². The molecule has 0 spiro atoms. The summed E-state index contributed by atoms with van der Waals surface area (Å²) in [6.45, 7) is 1.74. The molecule has 106 valence electrons. The Hall–Kier alpha value is -1.88. The number of hydrogen-bond acceptors (Lipinski definition) is 2. The monoisotopic (exact) mass is 276 g/mol. The van der Waals surface area contributed by atoms with Crippen LogP contribution in [0.1, 0.15) is 34.8 Å². The molecule has 0 radical (unpaired) electrons. The standard InChI is InChI=1S/C15H17FN2O2/c1-18-13-10(3-2-4-11(13)16)12(14(18)15(19)20)9-5-7-17-8-6-9/h2-4,9,17H,5-8H2,1H3,(H,19,20). The van der Waals surface area contributed by atoms with Crippen LogP contribution in [0.3, 0.4) is 0 Å². The molecule has 0 saturated carbocycles. The Morgan fingerprint density at radius 1 is 1.40 bits per heavy atom. The summed E-state index contributed by atoms with van der Waals surface area (Å²) in [5, 5.41) is 13.5. The number of benzene rings is 1. The first-order valence-electron chi connectivity index (χ1n) is 6.82. The number of aryl methyl sites for hydroxylation is 1. The van der Waals surface area contributed by atoms with Gasteiger partial charge < -0.3 is 15.0 Å². The average Bonchev–Trinajstić information content (AvgIpc) is 2.74. The molecule has 0 bridgehead atoms. The molecule has 0 atom stereocenters. The van der Waals surface area contributed by atoms with Gasteiger partial charge in [0.1, 0.15) is 11.5 Å². The third-order valence-corrected chi connectivity index (χ3v) is 4.15. The number of hydrogen-bond donors (Lipinski definition) is 2. The summed E-state index contributed by atoms with van der Waals surface area (Å²) >= 11 is 0. The third-order valence-electron chi connectivity index (χ3n) is 4.15. The Labute approximate surface area is 116 Å². The van der Waals surface area contributed by atoms with E-state index in [0.29, 0.717) is 5.52 Å². The van der Waals surface area contributed by atoms with E-state index in [9.17, 15) is 14.3 Å². The summed E-state index contributed by atoms with van der Waals surface area (Å²) in [6, 6.07) is 4.84. The average molecular weight is 276 g/mol. The van der Waals surface area contributed by atoms with Gasteiger partial charge in [0.2, 0.25) is 0 Å². The fraction of sp³-hybridized carbons (Fsp3) is 0.400. The van der Waals surface area contributed by atoms with E-state index in [1.54, 1.807) is 13.1 Å². The van der Waals surface area contributed by atoms with Crippen molar-refractivity contribution in [3.8, 4) is 0 Å². The van der Waals surface area contributed by atoms with Crippen LogP contribution in [0.15, 0.2) is 18.2 Å². The van der Waals surface area contributed by atoms with Gasteiger partial charge in [-0.1, -0.05) is 12.1 Å². The first-order chi connectivity index (χ1) is 9.61. The smallest absolute Gasteiger partial charge is 0.352 e. The molecule has 2 N–H and O–H groups in total. The summed E-state index contributed by atoms with van der Waals surface area (Å²) in [7, 11) is 1.62. The zero-order valence-corrected chi connectivity index (χ0v) is 11.3. The van der Waals surface area contributed by atoms with Gasteiger partial charge >= 0.3 is 5.97 Å². The van der Waals surface area contributed by atoms with Crippen LogP contribution >= 0.6 is 0 Å². The highest BCUT2D eigenvalue weighted by Crippen LogP contribution is 2.36. The van der Waals surface area contributed by atoms with Crippen LogP contribution in [-0.2, 0) is 7.05 Å². The van der Waals surface area contributed by atoms with Gasteiger partial charge in [0.05, 0.1) is 5.52 Å². The first-order valence-corrected chi connectivity index (χ1v) is 6.82. The Balaban J connectivity index is 2.30. The number of carboxylic acid groups (broad SMARTS) is 1. The molecule has 0 aliphatic carbocycles. The number of fused-ring (bicyclic) bond motifs is 1. The minimum Gasteiger partial charge on any atom is -0.477 e. The minimum atomic E-state index is -0.989. The Morgan fingerprint density at radius 2 is 2.10 bits per heavy atom. The number of piperidine rings is 1. The second kappa shape index (κ2) is 4.90. The highest BCUT2D eigenvalue weighted by Gasteiger charge is 2.28. The van der Waals surface area contributed by atoms with Crippen molar-refractivity contribution >= 4 is 16.9 Å². The lowest BCUT2D eigenvalue weighted by Gasteiger charge is -2.23. The molecule has 3 rings (SSSR count). The molecule has 2 heterocycles. The fourth-order valence-electron chi connectivity index (χ4n) is 3.28. The van der Waals surface area contributed by atoms with E-state index < -0.39 is 5.97 Å². The number of para-hydroxylation sites is 1. The maximum Gasteiger partial charge on any atom is 0.352 e. The first kappa shape index (κ1) is 13.1. The molecule has 1 saturated heterocycles. The van der Waals surface area contributed by atoms with Gasteiger partial charge in [-0.15, -0.1) is 0 Å². The lowest BCUT2D eigenvalue weighted by molar-refractivity contribution is 0.0685. The van der Waals surface area contributed by atoms with Crippen molar-refractivity contribution in [2.75, 3.05) is 13.1 Å². The van der Waals surface area contributed by atoms with E-state index in [-0.39, 0.29) is 17.4 Å². The van der Waals surface area contributed by atoms with Crippen LogP contribution < -0.4 is 5.32 Å². The van der Waals surface area contributed by atoms with Crippen molar-refractivity contribution in [3.05, 3.63) is 35.3 Å². The second-order valence-electron chi connectivity index (χ2n) is 5.29. The highest BCUT2D eigenvalue weighted by molar-refractivity contribution is 5.98. The maximum absolute atomic E-state index is 14.0. The van der Waals surface area contributed by atoms with Crippen molar-refractivity contribution in [2.24, 2.45) is 7.05 Å². The van der Waals surface area contributed by atoms with Gasteiger partial charge in [-0.3, -0.25) is 0 Å². The zero-order chi connectivity index (χ0) is 14.3. The van der Waals surface area contributed by atoms with Crippen LogP contribution in [0.25, 0.3) is 10.9 Å². The molecule has 5 heteroatoms. The van der Waals surface area contributed by atoms with Gasteiger partial charge in [0.15, 0.2) is 0 Å². The number of rotatable bonds is 2. The largest absolute Gasteiger partial charge is 0.477 e. The summed E-state index contributed by atoms with van der Waals surface area (Å²) < 4.78 is 15.5. The summed E-state index contributed by atoms with van der Waals surface area (Å²) in [6.07, 6.45) is 1.77.